The number of aromatic nitrogens is 2. The summed E-state index contributed by atoms with van der Waals surface area (Å²) in [6, 6.07) is 3.18. The van der Waals surface area contributed by atoms with Gasteiger partial charge in [-0.25, -0.2) is 4.98 Å². The predicted molar refractivity (Wildman–Crippen MR) is 83.1 cm³/mol. The van der Waals surface area contributed by atoms with E-state index in [1.165, 1.54) is 0 Å². The Balaban J connectivity index is 2.27. The molecule has 0 spiro atoms. The van der Waals surface area contributed by atoms with E-state index in [1.54, 1.807) is 0 Å². The predicted octanol–water partition coefficient (Wildman–Crippen LogP) is 4.38. The van der Waals surface area contributed by atoms with Crippen LogP contribution in [-0.2, 0) is 5.92 Å². The van der Waals surface area contributed by atoms with E-state index in [4.69, 9.17) is 0 Å². The molecule has 0 saturated carbocycles. The maximum absolute atomic E-state index is 14.0. The lowest BCUT2D eigenvalue weighted by Gasteiger charge is -2.28. The number of benzene rings is 1. The maximum Gasteiger partial charge on any atom is 0.392 e. The average Bonchev–Trinajstić information content (AvgIpc) is 2.91. The molecule has 1 aromatic carbocycles. The second-order valence-corrected chi connectivity index (χ2v) is 6.74. The molecular weight excluding hydrogens is 428 g/mol. The van der Waals surface area contributed by atoms with Crippen LogP contribution < -0.4 is 5.56 Å². The summed E-state index contributed by atoms with van der Waals surface area (Å²) < 4.78 is 81.0. The Hall–Kier alpha value is -2.41. The summed E-state index contributed by atoms with van der Waals surface area (Å²) in [4.78, 5) is 24.8. The molecule has 2 aromatic heterocycles. The third-order valence-corrected chi connectivity index (χ3v) is 4.80. The minimum Gasteiger partial charge on any atom is -0.269 e. The van der Waals surface area contributed by atoms with Crippen LogP contribution in [0, 0.1) is 10.1 Å². The number of nitro groups is 1. The van der Waals surface area contributed by atoms with Gasteiger partial charge >= 0.3 is 17.2 Å². The number of hydrogen-bond acceptors (Lipinski definition) is 5. The van der Waals surface area contributed by atoms with Crippen molar-refractivity contribution in [1.82, 2.24) is 9.38 Å². The van der Waals surface area contributed by atoms with Crippen molar-refractivity contribution in [2.24, 2.45) is 0 Å². The van der Waals surface area contributed by atoms with Crippen molar-refractivity contribution in [3.05, 3.63) is 50.4 Å². The molecule has 6 nitrogen and oxygen atoms in total. The van der Waals surface area contributed by atoms with Crippen LogP contribution in [0.3, 0.4) is 0 Å². The summed E-state index contributed by atoms with van der Waals surface area (Å²) >= 11 is 4.60. The summed E-state index contributed by atoms with van der Waals surface area (Å²) in [5, 5.41) is 5.17. The number of rotatable bonds is 4. The Bertz CT molecular complexity index is 1140. The standard InChI is InChI=1S/C13H4ClF6N3O3S/c14-13(19,20)12(17,18)11(15,16)8-4-9(24)22-6-2-1-5(23(25)26)3-7(6)27-10(22)21-8/h1-4H. The van der Waals surface area contributed by atoms with Gasteiger partial charge in [0.1, 0.15) is 5.69 Å². The Morgan fingerprint density at radius 3 is 2.33 bits per heavy atom. The summed E-state index contributed by atoms with van der Waals surface area (Å²) in [6.45, 7) is 0. The van der Waals surface area contributed by atoms with E-state index in [-0.39, 0.29) is 22.0 Å². The topological polar surface area (TPSA) is 77.5 Å². The molecule has 0 aliphatic carbocycles. The first-order chi connectivity index (χ1) is 12.3. The number of thiazole rings is 1. The molecule has 0 saturated heterocycles. The summed E-state index contributed by atoms with van der Waals surface area (Å²) in [7, 11) is 0. The van der Waals surface area contributed by atoms with E-state index in [0.29, 0.717) is 11.3 Å². The quantitative estimate of drug-likeness (QED) is 0.266. The van der Waals surface area contributed by atoms with Crippen molar-refractivity contribution in [1.29, 1.82) is 0 Å². The van der Waals surface area contributed by atoms with Gasteiger partial charge in [-0.15, -0.1) is 0 Å². The second-order valence-electron chi connectivity index (χ2n) is 5.26. The summed E-state index contributed by atoms with van der Waals surface area (Å²) in [6.07, 6.45) is 0. The first-order valence-electron chi connectivity index (χ1n) is 6.71. The molecule has 0 unspecified atom stereocenters. The third-order valence-electron chi connectivity index (χ3n) is 3.56. The normalized spacial score (nSPS) is 13.4. The fourth-order valence-electron chi connectivity index (χ4n) is 2.23. The number of nitrogens with zero attached hydrogens (tertiary/aromatic N) is 3. The summed E-state index contributed by atoms with van der Waals surface area (Å²) in [5.74, 6) is -11.6. The largest absolute Gasteiger partial charge is 0.392 e. The van der Waals surface area contributed by atoms with Gasteiger partial charge in [-0.1, -0.05) is 11.3 Å². The van der Waals surface area contributed by atoms with Crippen molar-refractivity contribution in [3.63, 3.8) is 0 Å². The van der Waals surface area contributed by atoms with Crippen LogP contribution in [0.5, 0.6) is 0 Å². The lowest BCUT2D eigenvalue weighted by atomic mass is 10.1. The van der Waals surface area contributed by atoms with E-state index in [9.17, 15) is 41.3 Å². The fourth-order valence-corrected chi connectivity index (χ4v) is 3.41. The average molecular weight is 432 g/mol. The van der Waals surface area contributed by atoms with E-state index < -0.39 is 38.4 Å². The van der Waals surface area contributed by atoms with Gasteiger partial charge in [0.25, 0.3) is 11.2 Å². The van der Waals surface area contributed by atoms with Crippen LogP contribution in [0.15, 0.2) is 29.1 Å². The lowest BCUT2D eigenvalue weighted by Crippen LogP contribution is -2.50. The zero-order valence-electron chi connectivity index (χ0n) is 12.4. The van der Waals surface area contributed by atoms with Crippen LogP contribution in [0.2, 0.25) is 0 Å². The van der Waals surface area contributed by atoms with E-state index in [0.717, 1.165) is 22.6 Å². The molecule has 27 heavy (non-hydrogen) atoms. The van der Waals surface area contributed by atoms with Crippen molar-refractivity contribution in [2.45, 2.75) is 17.2 Å². The lowest BCUT2D eigenvalue weighted by molar-refractivity contribution is -0.384. The molecule has 2 heterocycles. The van der Waals surface area contributed by atoms with Gasteiger partial charge in [-0.05, 0) is 17.7 Å². The van der Waals surface area contributed by atoms with Gasteiger partial charge in [0, 0.05) is 18.2 Å². The molecule has 0 N–H and O–H groups in total. The van der Waals surface area contributed by atoms with Crippen LogP contribution in [0.1, 0.15) is 5.69 Å². The molecule has 3 aromatic rings. The number of alkyl halides is 7. The molecule has 0 fully saturated rings. The number of hydrogen-bond donors (Lipinski definition) is 0. The van der Waals surface area contributed by atoms with E-state index >= 15 is 0 Å². The SMILES string of the molecule is O=c1cc(C(F)(F)C(F)(F)C(F)(F)Cl)nc2sc3cc([N+](=O)[O-])ccc3n12. The molecule has 0 bridgehead atoms. The Morgan fingerprint density at radius 1 is 1.15 bits per heavy atom. The van der Waals surface area contributed by atoms with Crippen molar-refractivity contribution in [3.8, 4) is 0 Å². The Labute approximate surface area is 152 Å². The molecule has 14 heteroatoms. The first kappa shape index (κ1) is 19.4. The van der Waals surface area contributed by atoms with Crippen LogP contribution >= 0.6 is 22.9 Å². The highest BCUT2D eigenvalue weighted by molar-refractivity contribution is 7.23. The van der Waals surface area contributed by atoms with E-state index in [1.807, 2.05) is 0 Å². The summed E-state index contributed by atoms with van der Waals surface area (Å²) in [5.41, 5.74) is -3.49. The Kier molecular flexibility index (Phi) is 4.15. The smallest absolute Gasteiger partial charge is 0.269 e. The van der Waals surface area contributed by atoms with Crippen molar-refractivity contribution in [2.75, 3.05) is 0 Å². The molecule has 0 aliphatic rings. The number of nitro benzene ring substituents is 1. The molecule has 0 atom stereocenters. The van der Waals surface area contributed by atoms with Gasteiger partial charge in [-0.3, -0.25) is 19.3 Å². The van der Waals surface area contributed by atoms with Crippen LogP contribution in [0.25, 0.3) is 15.2 Å². The number of halogens is 7. The number of non-ortho nitro benzene ring substituents is 1. The highest BCUT2D eigenvalue weighted by Crippen LogP contribution is 2.52. The van der Waals surface area contributed by atoms with Gasteiger partial charge in [-0.2, -0.15) is 26.3 Å². The second kappa shape index (κ2) is 5.79. The molecule has 144 valence electrons. The van der Waals surface area contributed by atoms with Crippen LogP contribution in [0.4, 0.5) is 32.0 Å². The monoisotopic (exact) mass is 431 g/mol. The third kappa shape index (κ3) is 2.81. The van der Waals surface area contributed by atoms with E-state index in [2.05, 4.69) is 16.6 Å². The van der Waals surface area contributed by atoms with Gasteiger partial charge in [0.05, 0.1) is 15.1 Å². The minimum absolute atomic E-state index is 0.0168. The van der Waals surface area contributed by atoms with Crippen molar-refractivity contribution >= 4 is 43.8 Å². The molecule has 0 amide bonds. The number of fused-ring (bicyclic) bond motifs is 3. The molecule has 0 aliphatic heterocycles. The minimum atomic E-state index is -6.03. The maximum atomic E-state index is 14.0. The molecule has 3 rings (SSSR count). The van der Waals surface area contributed by atoms with Crippen molar-refractivity contribution < 1.29 is 31.3 Å². The zero-order chi connectivity index (χ0) is 20.4. The van der Waals surface area contributed by atoms with Crippen LogP contribution in [-0.4, -0.2) is 25.6 Å². The van der Waals surface area contributed by atoms with Gasteiger partial charge < -0.3 is 0 Å². The zero-order valence-corrected chi connectivity index (χ0v) is 14.0. The fraction of sp³-hybridized carbons (Fsp3) is 0.231. The molecular formula is C13H4ClF6N3O3S. The highest BCUT2D eigenvalue weighted by atomic mass is 35.5. The highest BCUT2D eigenvalue weighted by Gasteiger charge is 2.72. The Morgan fingerprint density at radius 2 is 1.78 bits per heavy atom. The van der Waals surface area contributed by atoms with Gasteiger partial charge in [0.15, 0.2) is 4.96 Å². The van der Waals surface area contributed by atoms with Gasteiger partial charge in [0.2, 0.25) is 0 Å². The molecule has 0 radical (unpaired) electrons. The first-order valence-corrected chi connectivity index (χ1v) is 7.90.